The fourth-order valence-corrected chi connectivity index (χ4v) is 1.37. The Morgan fingerprint density at radius 3 is 2.93 bits per heavy atom. The summed E-state index contributed by atoms with van der Waals surface area (Å²) in [6.45, 7) is 2.38. The molecule has 84 valence electrons. The number of allylic oxidation sites excluding steroid dienone is 2. The highest BCUT2D eigenvalue weighted by Crippen LogP contribution is 2.24. The maximum absolute atomic E-state index is 10.5. The van der Waals surface area contributed by atoms with E-state index in [-0.39, 0.29) is 0 Å². The number of hydrogen-bond donors (Lipinski definition) is 1. The average molecular weight is 212 g/mol. The molecular weight excluding hydrogens is 196 g/mol. The molecule has 0 aromatic carbocycles. The first-order chi connectivity index (χ1) is 7.16. The Labute approximate surface area is 89.2 Å². The molecule has 1 N–H and O–H groups in total. The highest BCUT2D eigenvalue weighted by Gasteiger charge is 2.36. The van der Waals surface area contributed by atoms with Gasteiger partial charge in [-0.3, -0.25) is 4.79 Å². The molecular formula is C11H16O4. The first kappa shape index (κ1) is 12.1. The lowest BCUT2D eigenvalue weighted by atomic mass is 9.99. The summed E-state index contributed by atoms with van der Waals surface area (Å²) in [6.07, 6.45) is 5.38. The Morgan fingerprint density at radius 1 is 1.67 bits per heavy atom. The molecule has 0 amide bonds. The minimum Gasteiger partial charge on any atom is -0.371 e. The second-order valence-electron chi connectivity index (χ2n) is 3.37. The van der Waals surface area contributed by atoms with Crippen LogP contribution < -0.4 is 0 Å². The molecule has 0 saturated heterocycles. The van der Waals surface area contributed by atoms with Gasteiger partial charge in [0, 0.05) is 12.7 Å². The van der Waals surface area contributed by atoms with E-state index in [1.165, 1.54) is 19.3 Å². The maximum atomic E-state index is 10.5. The zero-order valence-electron chi connectivity index (χ0n) is 8.97. The fourth-order valence-electron chi connectivity index (χ4n) is 1.37. The molecule has 0 bridgehead atoms. The molecule has 1 aliphatic carbocycles. The third-order valence-electron chi connectivity index (χ3n) is 2.19. The van der Waals surface area contributed by atoms with Gasteiger partial charge in [0.1, 0.15) is 12.4 Å². The zero-order valence-corrected chi connectivity index (χ0v) is 8.97. The van der Waals surface area contributed by atoms with Crippen molar-refractivity contribution in [1.29, 1.82) is 0 Å². The van der Waals surface area contributed by atoms with Crippen LogP contribution in [0.2, 0.25) is 0 Å². The number of ether oxygens (including phenoxy) is 2. The first-order valence-electron chi connectivity index (χ1n) is 4.91. The molecule has 0 radical (unpaired) electrons. The van der Waals surface area contributed by atoms with Gasteiger partial charge in [-0.2, -0.15) is 0 Å². The molecule has 0 heterocycles. The number of carbonyl (C=O) groups is 1. The summed E-state index contributed by atoms with van der Waals surface area (Å²) >= 11 is 0. The van der Waals surface area contributed by atoms with Crippen molar-refractivity contribution in [3.63, 3.8) is 0 Å². The van der Waals surface area contributed by atoms with Crippen molar-refractivity contribution in [1.82, 2.24) is 0 Å². The molecule has 0 aromatic heterocycles. The standard InChI is InChI=1S/C11H16O4/c1-3-6-15-11(13)5-4-9(8-12)7-10(11)14-2/h4-5,7-8,10,13H,3,6H2,1-2H3. The summed E-state index contributed by atoms with van der Waals surface area (Å²) in [6, 6.07) is 0. The normalized spacial score (nSPS) is 30.1. The number of aldehydes is 1. The van der Waals surface area contributed by atoms with Gasteiger partial charge in [0.05, 0.1) is 6.61 Å². The molecule has 2 atom stereocenters. The third-order valence-corrected chi connectivity index (χ3v) is 2.19. The smallest absolute Gasteiger partial charge is 0.216 e. The van der Waals surface area contributed by atoms with Crippen molar-refractivity contribution < 1.29 is 19.4 Å². The fraction of sp³-hybridized carbons (Fsp3) is 0.545. The van der Waals surface area contributed by atoms with Crippen LogP contribution in [0.1, 0.15) is 13.3 Å². The monoisotopic (exact) mass is 212 g/mol. The second kappa shape index (κ2) is 5.21. The summed E-state index contributed by atoms with van der Waals surface area (Å²) in [5.41, 5.74) is 0.478. The van der Waals surface area contributed by atoms with Gasteiger partial charge < -0.3 is 14.6 Å². The van der Waals surface area contributed by atoms with Gasteiger partial charge in [0.25, 0.3) is 0 Å². The minimum atomic E-state index is -1.46. The summed E-state index contributed by atoms with van der Waals surface area (Å²) in [4.78, 5) is 10.5. The van der Waals surface area contributed by atoms with Gasteiger partial charge in [-0.1, -0.05) is 13.0 Å². The van der Waals surface area contributed by atoms with Gasteiger partial charge in [-0.15, -0.1) is 0 Å². The molecule has 4 heteroatoms. The third kappa shape index (κ3) is 2.75. The summed E-state index contributed by atoms with van der Waals surface area (Å²) in [7, 11) is 1.46. The Morgan fingerprint density at radius 2 is 2.40 bits per heavy atom. The lowest BCUT2D eigenvalue weighted by Gasteiger charge is -2.32. The molecule has 0 saturated carbocycles. The number of carbonyl (C=O) groups excluding carboxylic acids is 1. The molecule has 0 spiro atoms. The van der Waals surface area contributed by atoms with E-state index in [0.29, 0.717) is 18.5 Å². The Bertz CT molecular complexity index is 282. The second-order valence-corrected chi connectivity index (χ2v) is 3.37. The molecule has 0 aromatic rings. The number of rotatable bonds is 5. The lowest BCUT2D eigenvalue weighted by Crippen LogP contribution is -2.45. The molecule has 2 unspecified atom stereocenters. The van der Waals surface area contributed by atoms with Crippen molar-refractivity contribution in [3.8, 4) is 0 Å². The highest BCUT2D eigenvalue weighted by atomic mass is 16.6. The van der Waals surface area contributed by atoms with Crippen molar-refractivity contribution >= 4 is 6.29 Å². The van der Waals surface area contributed by atoms with Crippen LogP contribution in [0.5, 0.6) is 0 Å². The minimum absolute atomic E-state index is 0.435. The first-order valence-corrected chi connectivity index (χ1v) is 4.91. The van der Waals surface area contributed by atoms with Crippen LogP contribution in [0, 0.1) is 0 Å². The Kier molecular flexibility index (Phi) is 4.20. The summed E-state index contributed by atoms with van der Waals surface area (Å²) in [5, 5.41) is 10.1. The lowest BCUT2D eigenvalue weighted by molar-refractivity contribution is -0.218. The van der Waals surface area contributed by atoms with Crippen LogP contribution in [-0.2, 0) is 14.3 Å². The predicted octanol–water partition coefficient (Wildman–Crippen LogP) is 0.812. The van der Waals surface area contributed by atoms with Crippen LogP contribution >= 0.6 is 0 Å². The van der Waals surface area contributed by atoms with Crippen LogP contribution in [-0.4, -0.2) is 37.0 Å². The van der Waals surface area contributed by atoms with Gasteiger partial charge in [0.2, 0.25) is 5.79 Å². The van der Waals surface area contributed by atoms with Crippen molar-refractivity contribution in [2.45, 2.75) is 25.2 Å². The SMILES string of the molecule is CCCOC1(O)C=CC(C=O)=CC1OC. The van der Waals surface area contributed by atoms with E-state index in [4.69, 9.17) is 9.47 Å². The molecule has 1 rings (SSSR count). The molecule has 0 fully saturated rings. The van der Waals surface area contributed by atoms with Crippen molar-refractivity contribution in [3.05, 3.63) is 23.8 Å². The van der Waals surface area contributed by atoms with Crippen LogP contribution in [0.15, 0.2) is 23.8 Å². The number of hydrogen-bond acceptors (Lipinski definition) is 4. The van der Waals surface area contributed by atoms with Gasteiger partial charge in [0.15, 0.2) is 0 Å². The summed E-state index contributed by atoms with van der Waals surface area (Å²) < 4.78 is 10.4. The molecule has 15 heavy (non-hydrogen) atoms. The van der Waals surface area contributed by atoms with E-state index in [1.807, 2.05) is 6.92 Å². The maximum Gasteiger partial charge on any atom is 0.216 e. The van der Waals surface area contributed by atoms with Gasteiger partial charge in [-0.05, 0) is 18.6 Å². The van der Waals surface area contributed by atoms with Crippen molar-refractivity contribution in [2.24, 2.45) is 0 Å². The predicted molar refractivity (Wildman–Crippen MR) is 55.3 cm³/mol. The van der Waals surface area contributed by atoms with Crippen LogP contribution in [0.25, 0.3) is 0 Å². The quantitative estimate of drug-likeness (QED) is 0.541. The van der Waals surface area contributed by atoms with E-state index in [2.05, 4.69) is 0 Å². The molecule has 4 nitrogen and oxygen atoms in total. The zero-order chi connectivity index (χ0) is 11.3. The number of aliphatic hydroxyl groups is 1. The Hall–Kier alpha value is -0.970. The number of methoxy groups -OCH3 is 1. The van der Waals surface area contributed by atoms with E-state index in [1.54, 1.807) is 6.08 Å². The molecule has 1 aliphatic rings. The summed E-state index contributed by atoms with van der Waals surface area (Å²) in [5.74, 6) is -1.46. The van der Waals surface area contributed by atoms with Gasteiger partial charge in [-0.25, -0.2) is 0 Å². The van der Waals surface area contributed by atoms with Crippen LogP contribution in [0.4, 0.5) is 0 Å². The van der Waals surface area contributed by atoms with Gasteiger partial charge >= 0.3 is 0 Å². The van der Waals surface area contributed by atoms with Crippen molar-refractivity contribution in [2.75, 3.05) is 13.7 Å². The van der Waals surface area contributed by atoms with E-state index in [0.717, 1.165) is 6.42 Å². The largest absolute Gasteiger partial charge is 0.371 e. The van der Waals surface area contributed by atoms with Crippen LogP contribution in [0.3, 0.4) is 0 Å². The topological polar surface area (TPSA) is 55.8 Å². The average Bonchev–Trinajstić information content (AvgIpc) is 2.27. The van der Waals surface area contributed by atoms with E-state index < -0.39 is 11.9 Å². The van der Waals surface area contributed by atoms with E-state index in [9.17, 15) is 9.90 Å². The Balaban J connectivity index is 2.79. The molecule has 0 aliphatic heterocycles. The van der Waals surface area contributed by atoms with E-state index >= 15 is 0 Å². The highest BCUT2D eigenvalue weighted by molar-refractivity contribution is 5.78.